The van der Waals surface area contributed by atoms with Gasteiger partial charge in [0.15, 0.2) is 0 Å². The number of hydrogen-bond acceptors (Lipinski definition) is 3. The monoisotopic (exact) mass is 254 g/mol. The van der Waals surface area contributed by atoms with Crippen LogP contribution in [0.25, 0.3) is 0 Å². The van der Waals surface area contributed by atoms with E-state index in [1.165, 1.54) is 0 Å². The van der Waals surface area contributed by atoms with Gasteiger partial charge < -0.3 is 15.0 Å². The van der Waals surface area contributed by atoms with E-state index in [9.17, 15) is 9.59 Å². The van der Waals surface area contributed by atoms with E-state index in [1.807, 2.05) is 6.92 Å². The molecule has 1 saturated heterocycles. The Morgan fingerprint density at radius 1 is 1.44 bits per heavy atom. The third-order valence-electron chi connectivity index (χ3n) is 4.19. The Morgan fingerprint density at radius 2 is 2.06 bits per heavy atom. The van der Waals surface area contributed by atoms with Crippen molar-refractivity contribution < 1.29 is 14.3 Å². The maximum absolute atomic E-state index is 12.6. The van der Waals surface area contributed by atoms with Gasteiger partial charge in [-0.25, -0.2) is 0 Å². The smallest absolute Gasteiger partial charge is 0.249 e. The van der Waals surface area contributed by atoms with Crippen LogP contribution in [0.3, 0.4) is 0 Å². The van der Waals surface area contributed by atoms with Gasteiger partial charge in [-0.3, -0.25) is 9.59 Å². The van der Waals surface area contributed by atoms with Gasteiger partial charge in [-0.1, -0.05) is 12.8 Å². The highest BCUT2D eigenvalue weighted by Crippen LogP contribution is 2.34. The van der Waals surface area contributed by atoms with E-state index in [4.69, 9.17) is 4.74 Å². The first-order valence-corrected chi connectivity index (χ1v) is 6.66. The van der Waals surface area contributed by atoms with Crippen molar-refractivity contribution in [1.29, 1.82) is 0 Å². The molecule has 1 aliphatic heterocycles. The molecular formula is C13H22N2O3. The minimum Gasteiger partial charge on any atom is -0.380 e. The first kappa shape index (κ1) is 13.3. The highest BCUT2D eigenvalue weighted by molar-refractivity contribution is 5.99. The normalized spacial score (nSPS) is 28.6. The van der Waals surface area contributed by atoms with Gasteiger partial charge in [0.1, 0.15) is 11.6 Å². The highest BCUT2D eigenvalue weighted by atomic mass is 16.5. The second-order valence-corrected chi connectivity index (χ2v) is 5.46. The number of ether oxygens (including phenoxy) is 1. The summed E-state index contributed by atoms with van der Waals surface area (Å²) in [5, 5.41) is 2.94. The lowest BCUT2D eigenvalue weighted by atomic mass is 9.91. The lowest BCUT2D eigenvalue weighted by Crippen LogP contribution is -2.69. The number of carbonyl (C=O) groups is 2. The van der Waals surface area contributed by atoms with Crippen LogP contribution in [0.15, 0.2) is 0 Å². The number of rotatable bonds is 3. The fourth-order valence-corrected chi connectivity index (χ4v) is 2.90. The summed E-state index contributed by atoms with van der Waals surface area (Å²) in [7, 11) is 1.62. The average molecular weight is 254 g/mol. The van der Waals surface area contributed by atoms with Crippen LogP contribution in [0.1, 0.15) is 39.5 Å². The highest BCUT2D eigenvalue weighted by Gasteiger charge is 2.50. The Hall–Kier alpha value is -1.10. The average Bonchev–Trinajstić information content (AvgIpc) is 2.81. The summed E-state index contributed by atoms with van der Waals surface area (Å²) in [6.45, 7) is 4.16. The molecule has 5 nitrogen and oxygen atoms in total. The van der Waals surface area contributed by atoms with E-state index >= 15 is 0 Å². The molecule has 2 fully saturated rings. The van der Waals surface area contributed by atoms with Crippen LogP contribution in [-0.2, 0) is 14.3 Å². The molecule has 2 aliphatic rings. The second-order valence-electron chi connectivity index (χ2n) is 5.46. The van der Waals surface area contributed by atoms with Crippen LogP contribution in [0.5, 0.6) is 0 Å². The van der Waals surface area contributed by atoms with E-state index in [-0.39, 0.29) is 17.9 Å². The third kappa shape index (κ3) is 2.11. The number of nitrogens with one attached hydrogen (secondary N) is 1. The number of amides is 2. The maximum Gasteiger partial charge on any atom is 0.249 e. The summed E-state index contributed by atoms with van der Waals surface area (Å²) in [5.74, 6) is 0.0239. The molecule has 2 amide bonds. The standard InChI is InChI=1S/C13H22N2O3/c1-9(18-3)8-15-10(2)11(16)14-13(12(15)17)6-4-5-7-13/h9-10H,4-8H2,1-3H3,(H,14,16). The maximum atomic E-state index is 12.6. The minimum absolute atomic E-state index is 0.0418. The zero-order valence-corrected chi connectivity index (χ0v) is 11.4. The van der Waals surface area contributed by atoms with Crippen molar-refractivity contribution in [2.75, 3.05) is 13.7 Å². The van der Waals surface area contributed by atoms with E-state index in [2.05, 4.69) is 5.32 Å². The molecule has 18 heavy (non-hydrogen) atoms. The molecule has 2 unspecified atom stereocenters. The van der Waals surface area contributed by atoms with E-state index in [0.717, 1.165) is 25.7 Å². The molecule has 0 aromatic carbocycles. The molecule has 0 radical (unpaired) electrons. The Balaban J connectivity index is 2.20. The quantitative estimate of drug-likeness (QED) is 0.806. The molecule has 0 aromatic rings. The summed E-state index contributed by atoms with van der Waals surface area (Å²) in [6, 6.07) is -0.402. The van der Waals surface area contributed by atoms with Gasteiger partial charge in [-0.2, -0.15) is 0 Å². The summed E-state index contributed by atoms with van der Waals surface area (Å²) in [4.78, 5) is 26.3. The molecule has 1 aliphatic carbocycles. The third-order valence-corrected chi connectivity index (χ3v) is 4.19. The second kappa shape index (κ2) is 4.88. The van der Waals surface area contributed by atoms with Gasteiger partial charge in [0.2, 0.25) is 11.8 Å². The number of hydrogen-bond donors (Lipinski definition) is 1. The minimum atomic E-state index is -0.628. The van der Waals surface area contributed by atoms with Crippen molar-refractivity contribution in [2.24, 2.45) is 0 Å². The van der Waals surface area contributed by atoms with Gasteiger partial charge in [0.05, 0.1) is 6.10 Å². The molecule has 2 atom stereocenters. The molecule has 102 valence electrons. The SMILES string of the molecule is COC(C)CN1C(=O)C2(CCCC2)NC(=O)C1C. The lowest BCUT2D eigenvalue weighted by Gasteiger charge is -2.44. The van der Waals surface area contributed by atoms with Crippen molar-refractivity contribution in [2.45, 2.75) is 57.2 Å². The fraction of sp³-hybridized carbons (Fsp3) is 0.846. The van der Waals surface area contributed by atoms with Gasteiger partial charge in [-0.15, -0.1) is 0 Å². The fourth-order valence-electron chi connectivity index (χ4n) is 2.90. The number of nitrogens with zero attached hydrogens (tertiary/aromatic N) is 1. The van der Waals surface area contributed by atoms with Crippen molar-refractivity contribution in [3.05, 3.63) is 0 Å². The largest absolute Gasteiger partial charge is 0.380 e. The summed E-state index contributed by atoms with van der Waals surface area (Å²) in [5.41, 5.74) is -0.628. The number of piperazine rings is 1. The molecule has 1 spiro atoms. The molecule has 2 rings (SSSR count). The molecule has 1 saturated carbocycles. The predicted molar refractivity (Wildman–Crippen MR) is 67.0 cm³/mol. The molecule has 1 N–H and O–H groups in total. The first-order chi connectivity index (χ1) is 8.50. The van der Waals surface area contributed by atoms with Crippen LogP contribution in [0.2, 0.25) is 0 Å². The first-order valence-electron chi connectivity index (χ1n) is 6.66. The van der Waals surface area contributed by atoms with Crippen LogP contribution >= 0.6 is 0 Å². The topological polar surface area (TPSA) is 58.6 Å². The van der Waals surface area contributed by atoms with Gasteiger partial charge >= 0.3 is 0 Å². The Bertz CT molecular complexity index is 350. The van der Waals surface area contributed by atoms with Crippen LogP contribution in [-0.4, -0.2) is 48.1 Å². The molecule has 5 heteroatoms. The molecule has 0 aromatic heterocycles. The summed E-state index contributed by atoms with van der Waals surface area (Å²) < 4.78 is 5.21. The van der Waals surface area contributed by atoms with Crippen molar-refractivity contribution in [1.82, 2.24) is 10.2 Å². The molecule has 0 bridgehead atoms. The molecular weight excluding hydrogens is 232 g/mol. The number of carbonyl (C=O) groups excluding carboxylic acids is 2. The summed E-state index contributed by atoms with van der Waals surface area (Å²) in [6.07, 6.45) is 3.49. The zero-order chi connectivity index (χ0) is 13.3. The van der Waals surface area contributed by atoms with Crippen molar-refractivity contribution in [3.63, 3.8) is 0 Å². The van der Waals surface area contributed by atoms with E-state index in [1.54, 1.807) is 18.9 Å². The Kier molecular flexibility index (Phi) is 3.61. The summed E-state index contributed by atoms with van der Waals surface area (Å²) >= 11 is 0. The Labute approximate surface area is 108 Å². The van der Waals surface area contributed by atoms with Gasteiger partial charge in [0, 0.05) is 13.7 Å². The van der Waals surface area contributed by atoms with E-state index in [0.29, 0.717) is 6.54 Å². The predicted octanol–water partition coefficient (Wildman–Crippen LogP) is 0.681. The van der Waals surface area contributed by atoms with Crippen molar-refractivity contribution in [3.8, 4) is 0 Å². The van der Waals surface area contributed by atoms with Crippen LogP contribution < -0.4 is 5.32 Å². The Morgan fingerprint density at radius 3 is 2.61 bits per heavy atom. The van der Waals surface area contributed by atoms with Crippen molar-refractivity contribution >= 4 is 11.8 Å². The van der Waals surface area contributed by atoms with Crippen LogP contribution in [0, 0.1) is 0 Å². The van der Waals surface area contributed by atoms with Crippen LogP contribution in [0.4, 0.5) is 0 Å². The molecule has 1 heterocycles. The lowest BCUT2D eigenvalue weighted by molar-refractivity contribution is -0.155. The van der Waals surface area contributed by atoms with Gasteiger partial charge in [0.25, 0.3) is 0 Å². The number of methoxy groups -OCH3 is 1. The van der Waals surface area contributed by atoms with E-state index < -0.39 is 11.6 Å². The van der Waals surface area contributed by atoms with Gasteiger partial charge in [-0.05, 0) is 26.7 Å². The zero-order valence-electron chi connectivity index (χ0n) is 11.4.